The summed E-state index contributed by atoms with van der Waals surface area (Å²) in [6.07, 6.45) is 2.13. The maximum absolute atomic E-state index is 12.9. The summed E-state index contributed by atoms with van der Waals surface area (Å²) in [6, 6.07) is 20.3. The summed E-state index contributed by atoms with van der Waals surface area (Å²) in [4.78, 5) is 23.7. The highest BCUT2D eigenvalue weighted by Crippen LogP contribution is 2.25. The van der Waals surface area contributed by atoms with E-state index in [9.17, 15) is 9.59 Å². The maximum Gasteiger partial charge on any atom is 0.311 e. The molecule has 0 amide bonds. The van der Waals surface area contributed by atoms with Crippen molar-refractivity contribution in [2.45, 2.75) is 6.54 Å². The first kappa shape index (κ1) is 17.9. The third-order valence-corrected chi connectivity index (χ3v) is 4.66. The van der Waals surface area contributed by atoms with Crippen LogP contribution in [0, 0.1) is 0 Å². The fourth-order valence-corrected chi connectivity index (χ4v) is 3.14. The minimum absolute atomic E-state index is 0.00393. The van der Waals surface area contributed by atoms with E-state index in [0.29, 0.717) is 11.3 Å². The van der Waals surface area contributed by atoms with Crippen LogP contribution in [0.3, 0.4) is 0 Å². The molecule has 0 aliphatic rings. The number of aldehydes is 1. The van der Waals surface area contributed by atoms with Crippen LogP contribution in [0.1, 0.15) is 15.9 Å². The fraction of sp³-hybridized carbons (Fsp3) is 0.0455. The average molecular weight is 391 g/mol. The lowest BCUT2D eigenvalue weighted by atomic mass is 10.0. The van der Waals surface area contributed by atoms with Crippen molar-refractivity contribution >= 4 is 28.7 Å². The third-order valence-electron chi connectivity index (χ3n) is 4.39. The van der Waals surface area contributed by atoms with E-state index in [1.807, 2.05) is 42.5 Å². The Morgan fingerprint density at radius 1 is 1.00 bits per heavy atom. The third kappa shape index (κ3) is 3.52. The molecule has 4 rings (SSSR count). The molecule has 0 saturated carbocycles. The molecule has 0 aliphatic carbocycles. The van der Waals surface area contributed by atoms with E-state index in [-0.39, 0.29) is 17.3 Å². The van der Waals surface area contributed by atoms with Gasteiger partial charge in [-0.1, -0.05) is 54.1 Å². The Morgan fingerprint density at radius 2 is 1.75 bits per heavy atom. The van der Waals surface area contributed by atoms with Crippen LogP contribution in [-0.4, -0.2) is 16.1 Å². The van der Waals surface area contributed by atoms with Gasteiger partial charge < -0.3 is 4.74 Å². The first-order valence-electron chi connectivity index (χ1n) is 8.61. The Labute approximate surface area is 165 Å². The summed E-state index contributed by atoms with van der Waals surface area (Å²) in [5, 5.41) is 6.43. The Kier molecular flexibility index (Phi) is 4.91. The molecular formula is C22H15ClN2O3. The number of ether oxygens (including phenoxy) is 1. The van der Waals surface area contributed by atoms with Gasteiger partial charge >= 0.3 is 5.56 Å². The fourth-order valence-electron chi connectivity index (χ4n) is 2.98. The van der Waals surface area contributed by atoms with Gasteiger partial charge in [-0.15, -0.1) is 0 Å². The van der Waals surface area contributed by atoms with Gasteiger partial charge in [0.05, 0.1) is 12.7 Å². The van der Waals surface area contributed by atoms with E-state index in [1.165, 1.54) is 10.9 Å². The molecule has 0 unspecified atom stereocenters. The van der Waals surface area contributed by atoms with Gasteiger partial charge in [0.1, 0.15) is 17.1 Å². The number of carbonyl (C=O) groups excluding carboxylic acids is 1. The number of hydrogen-bond donors (Lipinski definition) is 0. The molecule has 0 fully saturated rings. The molecule has 28 heavy (non-hydrogen) atoms. The second-order valence-electron chi connectivity index (χ2n) is 6.21. The van der Waals surface area contributed by atoms with Crippen molar-refractivity contribution in [3.8, 4) is 11.5 Å². The molecule has 0 bridgehead atoms. The second kappa shape index (κ2) is 7.66. The number of aromatic nitrogens is 2. The quantitative estimate of drug-likeness (QED) is 0.463. The molecule has 5 nitrogen and oxygen atoms in total. The molecule has 4 aromatic rings. The van der Waals surface area contributed by atoms with Crippen molar-refractivity contribution in [3.05, 3.63) is 99.4 Å². The van der Waals surface area contributed by atoms with E-state index >= 15 is 0 Å². The zero-order valence-electron chi connectivity index (χ0n) is 14.7. The molecule has 3 aromatic carbocycles. The minimum atomic E-state index is -0.431. The van der Waals surface area contributed by atoms with E-state index < -0.39 is 5.56 Å². The molecule has 0 radical (unpaired) electrons. The highest BCUT2D eigenvalue weighted by atomic mass is 35.5. The topological polar surface area (TPSA) is 61.2 Å². The number of rotatable bonds is 5. The van der Waals surface area contributed by atoms with Crippen molar-refractivity contribution in [2.75, 3.05) is 0 Å². The van der Waals surface area contributed by atoms with Gasteiger partial charge in [-0.25, -0.2) is 4.68 Å². The Morgan fingerprint density at radius 3 is 2.54 bits per heavy atom. The molecule has 138 valence electrons. The van der Waals surface area contributed by atoms with Gasteiger partial charge in [-0.3, -0.25) is 9.59 Å². The predicted molar refractivity (Wildman–Crippen MR) is 108 cm³/mol. The van der Waals surface area contributed by atoms with Crippen molar-refractivity contribution in [1.29, 1.82) is 0 Å². The first-order chi connectivity index (χ1) is 13.7. The Bertz CT molecular complexity index is 1210. The lowest BCUT2D eigenvalue weighted by Crippen LogP contribution is -2.24. The van der Waals surface area contributed by atoms with Crippen LogP contribution in [0.25, 0.3) is 10.8 Å². The summed E-state index contributed by atoms with van der Waals surface area (Å²) >= 11 is 6.15. The summed E-state index contributed by atoms with van der Waals surface area (Å²) in [5.41, 5.74) is 1.05. The lowest BCUT2D eigenvalue weighted by Gasteiger charge is -2.11. The highest BCUT2D eigenvalue weighted by Gasteiger charge is 2.14. The van der Waals surface area contributed by atoms with Crippen molar-refractivity contribution in [1.82, 2.24) is 9.78 Å². The molecule has 1 heterocycles. The number of nitrogens with zero attached hydrogens (tertiary/aromatic N) is 2. The molecule has 0 atom stereocenters. The summed E-state index contributed by atoms with van der Waals surface area (Å²) in [6.45, 7) is 0.289. The van der Waals surface area contributed by atoms with Crippen LogP contribution in [0.15, 0.2) is 77.7 Å². The van der Waals surface area contributed by atoms with E-state index in [2.05, 4.69) is 5.10 Å². The van der Waals surface area contributed by atoms with Gasteiger partial charge in [0.2, 0.25) is 5.75 Å². The van der Waals surface area contributed by atoms with Crippen LogP contribution in [0.4, 0.5) is 0 Å². The normalized spacial score (nSPS) is 10.8. The Balaban J connectivity index is 1.70. The molecule has 0 N–H and O–H groups in total. The number of benzene rings is 3. The molecule has 1 aromatic heterocycles. The van der Waals surface area contributed by atoms with Crippen LogP contribution >= 0.6 is 11.6 Å². The molecule has 0 spiro atoms. The van der Waals surface area contributed by atoms with Gasteiger partial charge in [-0.2, -0.15) is 5.10 Å². The van der Waals surface area contributed by atoms with E-state index in [1.54, 1.807) is 24.3 Å². The van der Waals surface area contributed by atoms with Crippen LogP contribution in [0.2, 0.25) is 5.02 Å². The number of fused-ring (bicyclic) bond motifs is 1. The summed E-state index contributed by atoms with van der Waals surface area (Å²) in [7, 11) is 0. The summed E-state index contributed by atoms with van der Waals surface area (Å²) in [5.74, 6) is 0.406. The van der Waals surface area contributed by atoms with Crippen LogP contribution in [-0.2, 0) is 6.54 Å². The largest absolute Gasteiger partial charge is 0.450 e. The molecular weight excluding hydrogens is 376 g/mol. The average Bonchev–Trinajstić information content (AvgIpc) is 2.74. The number of halogens is 1. The van der Waals surface area contributed by atoms with Crippen molar-refractivity contribution in [3.63, 3.8) is 0 Å². The minimum Gasteiger partial charge on any atom is -0.450 e. The van der Waals surface area contributed by atoms with Crippen LogP contribution < -0.4 is 10.3 Å². The maximum atomic E-state index is 12.9. The second-order valence-corrected chi connectivity index (χ2v) is 6.62. The van der Waals surface area contributed by atoms with Gasteiger partial charge in [0, 0.05) is 5.56 Å². The molecule has 0 saturated heterocycles. The number of hydrogen-bond acceptors (Lipinski definition) is 4. The van der Waals surface area contributed by atoms with Gasteiger partial charge in [0.15, 0.2) is 0 Å². The SMILES string of the molecule is O=Cc1ccc(Oc2c(Cl)cnn(Cc3cccc4ccccc34)c2=O)cc1. The van der Waals surface area contributed by atoms with E-state index in [4.69, 9.17) is 16.3 Å². The molecule has 6 heteroatoms. The smallest absolute Gasteiger partial charge is 0.311 e. The van der Waals surface area contributed by atoms with Crippen LogP contribution in [0.5, 0.6) is 11.5 Å². The first-order valence-corrected chi connectivity index (χ1v) is 8.99. The zero-order chi connectivity index (χ0) is 19.5. The van der Waals surface area contributed by atoms with E-state index in [0.717, 1.165) is 22.6 Å². The molecule has 0 aliphatic heterocycles. The van der Waals surface area contributed by atoms with Crippen molar-refractivity contribution < 1.29 is 9.53 Å². The predicted octanol–water partition coefficient (Wildman–Crippen LogP) is 4.70. The highest BCUT2D eigenvalue weighted by molar-refractivity contribution is 6.31. The zero-order valence-corrected chi connectivity index (χ0v) is 15.5. The number of carbonyl (C=O) groups is 1. The standard InChI is InChI=1S/C22H15ClN2O3/c23-20-12-24-25(13-17-6-3-5-16-4-1-2-7-19(16)17)22(27)21(20)28-18-10-8-15(14-26)9-11-18/h1-12,14H,13H2. The monoisotopic (exact) mass is 390 g/mol. The van der Waals surface area contributed by atoms with Gasteiger partial charge in [-0.05, 0) is 40.6 Å². The van der Waals surface area contributed by atoms with Gasteiger partial charge in [0.25, 0.3) is 0 Å². The Hall–Kier alpha value is -3.44. The summed E-state index contributed by atoms with van der Waals surface area (Å²) < 4.78 is 7.01. The lowest BCUT2D eigenvalue weighted by molar-refractivity contribution is 0.112. The van der Waals surface area contributed by atoms with Crippen molar-refractivity contribution in [2.24, 2.45) is 0 Å².